The van der Waals surface area contributed by atoms with Crippen LogP contribution < -0.4 is 15.8 Å². The van der Waals surface area contributed by atoms with Crippen LogP contribution in [-0.4, -0.2) is 25.2 Å². The molecule has 0 aliphatic heterocycles. The van der Waals surface area contributed by atoms with Gasteiger partial charge < -0.3 is 15.8 Å². The maximum absolute atomic E-state index is 5.97. The summed E-state index contributed by atoms with van der Waals surface area (Å²) in [4.78, 5) is 4.32. The van der Waals surface area contributed by atoms with Crippen molar-refractivity contribution in [3.05, 3.63) is 18.3 Å². The van der Waals surface area contributed by atoms with E-state index in [-0.39, 0.29) is 5.41 Å². The molecule has 0 amide bonds. The van der Waals surface area contributed by atoms with Crippen LogP contribution in [0.1, 0.15) is 32.1 Å². The minimum atomic E-state index is 0.264. The molecule has 4 nitrogen and oxygen atoms in total. The van der Waals surface area contributed by atoms with Crippen LogP contribution >= 0.6 is 0 Å². The normalized spacial score (nSPS) is 18.3. The number of aromatic nitrogens is 1. The second kappa shape index (κ2) is 6.05. The molecule has 1 fully saturated rings. The van der Waals surface area contributed by atoms with E-state index in [1.807, 2.05) is 12.1 Å². The quantitative estimate of drug-likeness (QED) is 0.841. The summed E-state index contributed by atoms with van der Waals surface area (Å²) in [6.07, 6.45) is 8.14. The van der Waals surface area contributed by atoms with Gasteiger partial charge in [-0.2, -0.15) is 0 Å². The van der Waals surface area contributed by atoms with Crippen LogP contribution in [0, 0.1) is 5.41 Å². The zero-order valence-corrected chi connectivity index (χ0v) is 11.1. The Bertz CT molecular complexity index is 358. The molecule has 0 bridgehead atoms. The number of pyridine rings is 1. The highest BCUT2D eigenvalue weighted by Crippen LogP contribution is 2.35. The molecule has 1 aromatic rings. The molecule has 1 aliphatic carbocycles. The lowest BCUT2D eigenvalue weighted by Gasteiger charge is -2.36. The molecule has 2 rings (SSSR count). The Morgan fingerprint density at radius 2 is 2.11 bits per heavy atom. The maximum atomic E-state index is 5.97. The van der Waals surface area contributed by atoms with Gasteiger partial charge in [-0.25, -0.2) is 4.98 Å². The smallest absolute Gasteiger partial charge is 0.137 e. The van der Waals surface area contributed by atoms with Crippen LogP contribution in [0.2, 0.25) is 0 Å². The number of methoxy groups -OCH3 is 1. The van der Waals surface area contributed by atoms with E-state index in [1.165, 1.54) is 32.1 Å². The summed E-state index contributed by atoms with van der Waals surface area (Å²) in [7, 11) is 1.65. The molecule has 1 aromatic heterocycles. The lowest BCUT2D eigenvalue weighted by Crippen LogP contribution is -2.39. The first-order valence-electron chi connectivity index (χ1n) is 6.72. The summed E-state index contributed by atoms with van der Waals surface area (Å²) in [6, 6.07) is 3.87. The van der Waals surface area contributed by atoms with Crippen molar-refractivity contribution in [1.29, 1.82) is 0 Å². The molecule has 1 aliphatic rings. The van der Waals surface area contributed by atoms with Crippen LogP contribution in [0.25, 0.3) is 0 Å². The van der Waals surface area contributed by atoms with Gasteiger partial charge in [-0.1, -0.05) is 19.3 Å². The standard InChI is InChI=1S/C14H23N3O/c1-18-12-5-6-13(16-9-12)17-11-14(10-15)7-3-2-4-8-14/h5-6,9H,2-4,7-8,10-11,15H2,1H3,(H,16,17). The van der Waals surface area contributed by atoms with E-state index in [9.17, 15) is 0 Å². The molecule has 0 unspecified atom stereocenters. The fourth-order valence-electron chi connectivity index (χ4n) is 2.64. The lowest BCUT2D eigenvalue weighted by molar-refractivity contribution is 0.215. The van der Waals surface area contributed by atoms with Crippen LogP contribution in [0.4, 0.5) is 5.82 Å². The predicted octanol–water partition coefficient (Wildman–Crippen LogP) is 2.41. The Kier molecular flexibility index (Phi) is 4.42. The van der Waals surface area contributed by atoms with Crippen LogP contribution in [0.3, 0.4) is 0 Å². The molecular formula is C14H23N3O. The molecule has 3 N–H and O–H groups in total. The second-order valence-corrected chi connectivity index (χ2v) is 5.20. The van der Waals surface area contributed by atoms with Gasteiger partial charge in [-0.3, -0.25) is 0 Å². The summed E-state index contributed by atoms with van der Waals surface area (Å²) in [5, 5.41) is 3.41. The van der Waals surface area contributed by atoms with E-state index in [2.05, 4.69) is 10.3 Å². The Hall–Kier alpha value is -1.29. The van der Waals surface area contributed by atoms with Crippen molar-refractivity contribution in [2.75, 3.05) is 25.5 Å². The Balaban J connectivity index is 1.92. The summed E-state index contributed by atoms with van der Waals surface area (Å²) in [6.45, 7) is 1.68. The van der Waals surface area contributed by atoms with Gasteiger partial charge in [0.15, 0.2) is 0 Å². The fraction of sp³-hybridized carbons (Fsp3) is 0.643. The molecular weight excluding hydrogens is 226 g/mol. The van der Waals surface area contributed by atoms with Crippen molar-refractivity contribution >= 4 is 5.82 Å². The summed E-state index contributed by atoms with van der Waals surface area (Å²) in [5.74, 6) is 1.68. The van der Waals surface area contributed by atoms with E-state index in [0.29, 0.717) is 0 Å². The molecule has 1 saturated carbocycles. The van der Waals surface area contributed by atoms with Crippen molar-refractivity contribution in [1.82, 2.24) is 4.98 Å². The first kappa shape index (κ1) is 13.1. The number of nitrogens with one attached hydrogen (secondary N) is 1. The summed E-state index contributed by atoms with van der Waals surface area (Å²) in [5.41, 5.74) is 6.23. The number of nitrogens with zero attached hydrogens (tertiary/aromatic N) is 1. The van der Waals surface area contributed by atoms with Crippen molar-refractivity contribution in [2.45, 2.75) is 32.1 Å². The molecule has 100 valence electrons. The third kappa shape index (κ3) is 3.13. The number of nitrogens with two attached hydrogens (primary N) is 1. The van der Waals surface area contributed by atoms with Gasteiger partial charge in [0.2, 0.25) is 0 Å². The average molecular weight is 249 g/mol. The van der Waals surface area contributed by atoms with Crippen molar-refractivity contribution in [3.63, 3.8) is 0 Å². The largest absolute Gasteiger partial charge is 0.495 e. The van der Waals surface area contributed by atoms with Crippen LogP contribution in [0.15, 0.2) is 18.3 Å². The molecule has 1 heterocycles. The van der Waals surface area contributed by atoms with Gasteiger partial charge in [0, 0.05) is 6.54 Å². The predicted molar refractivity (Wildman–Crippen MR) is 73.9 cm³/mol. The number of ether oxygens (including phenoxy) is 1. The molecule has 0 atom stereocenters. The van der Waals surface area contributed by atoms with Crippen molar-refractivity contribution < 1.29 is 4.74 Å². The molecule has 18 heavy (non-hydrogen) atoms. The highest BCUT2D eigenvalue weighted by atomic mass is 16.5. The molecule has 0 spiro atoms. The topological polar surface area (TPSA) is 60.2 Å². The monoisotopic (exact) mass is 249 g/mol. The van der Waals surface area contributed by atoms with E-state index < -0.39 is 0 Å². The average Bonchev–Trinajstić information content (AvgIpc) is 2.47. The van der Waals surface area contributed by atoms with Crippen molar-refractivity contribution in [3.8, 4) is 5.75 Å². The van der Waals surface area contributed by atoms with E-state index in [1.54, 1.807) is 13.3 Å². The SMILES string of the molecule is COc1ccc(NCC2(CN)CCCCC2)nc1. The van der Waals surface area contributed by atoms with Gasteiger partial charge in [-0.15, -0.1) is 0 Å². The molecule has 0 radical (unpaired) electrons. The minimum Gasteiger partial charge on any atom is -0.495 e. The first-order chi connectivity index (χ1) is 8.78. The summed E-state index contributed by atoms with van der Waals surface area (Å²) >= 11 is 0. The van der Waals surface area contributed by atoms with E-state index in [0.717, 1.165) is 24.7 Å². The minimum absolute atomic E-state index is 0.264. The number of rotatable bonds is 5. The first-order valence-corrected chi connectivity index (χ1v) is 6.72. The fourth-order valence-corrected chi connectivity index (χ4v) is 2.64. The zero-order chi connectivity index (χ0) is 12.8. The third-order valence-corrected chi connectivity index (χ3v) is 3.96. The van der Waals surface area contributed by atoms with E-state index >= 15 is 0 Å². The molecule has 4 heteroatoms. The van der Waals surface area contributed by atoms with Gasteiger partial charge in [0.25, 0.3) is 0 Å². The summed E-state index contributed by atoms with van der Waals surface area (Å²) < 4.78 is 5.09. The number of anilines is 1. The van der Waals surface area contributed by atoms with Gasteiger partial charge in [0.05, 0.1) is 13.3 Å². The van der Waals surface area contributed by atoms with E-state index in [4.69, 9.17) is 10.5 Å². The maximum Gasteiger partial charge on any atom is 0.137 e. The lowest BCUT2D eigenvalue weighted by atomic mass is 9.74. The van der Waals surface area contributed by atoms with Crippen LogP contribution in [-0.2, 0) is 0 Å². The highest BCUT2D eigenvalue weighted by molar-refractivity contribution is 5.37. The van der Waals surface area contributed by atoms with Crippen LogP contribution in [0.5, 0.6) is 5.75 Å². The molecule has 0 saturated heterocycles. The highest BCUT2D eigenvalue weighted by Gasteiger charge is 2.30. The Morgan fingerprint density at radius 1 is 1.33 bits per heavy atom. The zero-order valence-electron chi connectivity index (χ0n) is 11.1. The third-order valence-electron chi connectivity index (χ3n) is 3.96. The second-order valence-electron chi connectivity index (χ2n) is 5.20. The number of hydrogen-bond acceptors (Lipinski definition) is 4. The van der Waals surface area contributed by atoms with Gasteiger partial charge >= 0.3 is 0 Å². The van der Waals surface area contributed by atoms with Crippen molar-refractivity contribution in [2.24, 2.45) is 11.1 Å². The Labute approximate surface area is 109 Å². The van der Waals surface area contributed by atoms with Gasteiger partial charge in [0.1, 0.15) is 11.6 Å². The number of hydrogen-bond donors (Lipinski definition) is 2. The van der Waals surface area contributed by atoms with Gasteiger partial charge in [-0.05, 0) is 36.9 Å². The molecule has 0 aromatic carbocycles. The Morgan fingerprint density at radius 3 is 2.67 bits per heavy atom.